The smallest absolute Gasteiger partial charge is 0.257 e. The molecule has 0 spiro atoms. The molecule has 0 bridgehead atoms. The van der Waals surface area contributed by atoms with Crippen molar-refractivity contribution in [3.05, 3.63) is 57.0 Å². The third-order valence-corrected chi connectivity index (χ3v) is 4.20. The monoisotopic (exact) mass is 366 g/mol. The van der Waals surface area contributed by atoms with Crippen molar-refractivity contribution in [2.45, 2.75) is 13.8 Å². The van der Waals surface area contributed by atoms with Gasteiger partial charge in [0.25, 0.3) is 5.91 Å². The van der Waals surface area contributed by atoms with E-state index in [1.807, 2.05) is 32.0 Å². The Hall–Kier alpha value is -1.52. The average Bonchev–Trinajstić information content (AvgIpc) is 2.45. The Balaban J connectivity index is 2.27. The molecule has 0 saturated heterocycles. The molecule has 1 amide bonds. The molecule has 110 valence electrons. The van der Waals surface area contributed by atoms with Crippen molar-refractivity contribution < 1.29 is 4.79 Å². The molecule has 0 fully saturated rings. The van der Waals surface area contributed by atoms with Crippen LogP contribution in [0.1, 0.15) is 22.8 Å². The van der Waals surface area contributed by atoms with Crippen LogP contribution in [-0.2, 0) is 0 Å². The van der Waals surface area contributed by atoms with Crippen LogP contribution >= 0.6 is 27.5 Å². The van der Waals surface area contributed by atoms with Crippen LogP contribution in [0.2, 0.25) is 5.02 Å². The topological polar surface area (TPSA) is 41.1 Å². The fourth-order valence-electron chi connectivity index (χ4n) is 1.96. The number of benzene rings is 2. The van der Waals surface area contributed by atoms with E-state index in [1.165, 1.54) is 0 Å². The Morgan fingerprint density at radius 2 is 2.00 bits per heavy atom. The predicted molar refractivity (Wildman–Crippen MR) is 92.4 cm³/mol. The summed E-state index contributed by atoms with van der Waals surface area (Å²) < 4.78 is 0.797. The molecule has 2 aromatic carbocycles. The normalized spacial score (nSPS) is 10.3. The van der Waals surface area contributed by atoms with Crippen LogP contribution < -0.4 is 10.6 Å². The zero-order valence-electron chi connectivity index (χ0n) is 11.8. The highest BCUT2D eigenvalue weighted by Gasteiger charge is 2.12. The molecule has 2 N–H and O–H groups in total. The first-order valence-corrected chi connectivity index (χ1v) is 7.79. The number of hydrogen-bond acceptors (Lipinski definition) is 2. The number of hydrogen-bond donors (Lipinski definition) is 2. The fraction of sp³-hybridized carbons (Fsp3) is 0.188. The lowest BCUT2D eigenvalue weighted by Crippen LogP contribution is -2.15. The summed E-state index contributed by atoms with van der Waals surface area (Å²) in [6.07, 6.45) is 0. The number of halogens is 2. The van der Waals surface area contributed by atoms with Gasteiger partial charge in [-0.1, -0.05) is 23.2 Å². The number of anilines is 2. The molecule has 0 atom stereocenters. The molecule has 0 aromatic heterocycles. The van der Waals surface area contributed by atoms with Gasteiger partial charge in [0.2, 0.25) is 0 Å². The van der Waals surface area contributed by atoms with Crippen molar-refractivity contribution in [2.75, 3.05) is 17.2 Å². The standard InChI is InChI=1S/C16H16BrClN2O/c1-3-19-15-7-4-10(2)8-12(15)16(21)20-11-5-6-13(17)14(18)9-11/h4-9,19H,3H2,1-2H3,(H,20,21). The quantitative estimate of drug-likeness (QED) is 0.790. The summed E-state index contributed by atoms with van der Waals surface area (Å²) >= 11 is 9.37. The van der Waals surface area contributed by atoms with E-state index in [0.29, 0.717) is 16.3 Å². The minimum atomic E-state index is -0.159. The van der Waals surface area contributed by atoms with Gasteiger partial charge in [0.15, 0.2) is 0 Å². The number of nitrogens with one attached hydrogen (secondary N) is 2. The minimum Gasteiger partial charge on any atom is -0.385 e. The van der Waals surface area contributed by atoms with E-state index in [0.717, 1.165) is 22.3 Å². The second-order valence-electron chi connectivity index (χ2n) is 4.66. The highest BCUT2D eigenvalue weighted by molar-refractivity contribution is 9.10. The van der Waals surface area contributed by atoms with Crippen LogP contribution in [0.3, 0.4) is 0 Å². The predicted octanol–water partition coefficient (Wildman–Crippen LogP) is 5.10. The van der Waals surface area contributed by atoms with Crippen molar-refractivity contribution in [3.63, 3.8) is 0 Å². The van der Waals surface area contributed by atoms with Crippen LogP contribution in [-0.4, -0.2) is 12.5 Å². The number of carbonyl (C=O) groups excluding carboxylic acids is 1. The van der Waals surface area contributed by atoms with E-state index in [2.05, 4.69) is 26.6 Å². The van der Waals surface area contributed by atoms with E-state index < -0.39 is 0 Å². The van der Waals surface area contributed by atoms with E-state index in [9.17, 15) is 4.79 Å². The number of amides is 1. The summed E-state index contributed by atoms with van der Waals surface area (Å²) in [5, 5.41) is 6.62. The van der Waals surface area contributed by atoms with Crippen LogP contribution in [0.5, 0.6) is 0 Å². The molecule has 0 aliphatic carbocycles. The minimum absolute atomic E-state index is 0.159. The van der Waals surface area contributed by atoms with E-state index in [1.54, 1.807) is 18.2 Å². The van der Waals surface area contributed by atoms with Gasteiger partial charge in [-0.15, -0.1) is 0 Å². The second-order valence-corrected chi connectivity index (χ2v) is 5.92. The summed E-state index contributed by atoms with van der Waals surface area (Å²) in [6, 6.07) is 11.1. The first-order valence-electron chi connectivity index (χ1n) is 6.62. The van der Waals surface area contributed by atoms with E-state index >= 15 is 0 Å². The summed E-state index contributed by atoms with van der Waals surface area (Å²) in [5.41, 5.74) is 3.15. The van der Waals surface area contributed by atoms with E-state index in [-0.39, 0.29) is 5.91 Å². The van der Waals surface area contributed by atoms with Crippen molar-refractivity contribution in [2.24, 2.45) is 0 Å². The van der Waals surface area contributed by atoms with Crippen molar-refractivity contribution >= 4 is 44.8 Å². The number of rotatable bonds is 4. The molecule has 3 nitrogen and oxygen atoms in total. The molecule has 21 heavy (non-hydrogen) atoms. The molecule has 0 saturated carbocycles. The number of carbonyl (C=O) groups is 1. The Morgan fingerprint density at radius 3 is 2.67 bits per heavy atom. The third kappa shape index (κ3) is 3.99. The molecule has 2 rings (SSSR count). The lowest BCUT2D eigenvalue weighted by atomic mass is 10.1. The van der Waals surface area contributed by atoms with Gasteiger partial charge in [-0.05, 0) is 60.1 Å². The molecule has 0 radical (unpaired) electrons. The first-order chi connectivity index (χ1) is 10.0. The highest BCUT2D eigenvalue weighted by atomic mass is 79.9. The van der Waals surface area contributed by atoms with Gasteiger partial charge >= 0.3 is 0 Å². The molecular weight excluding hydrogens is 352 g/mol. The first kappa shape index (κ1) is 15.9. The summed E-state index contributed by atoms with van der Waals surface area (Å²) in [4.78, 5) is 12.5. The average molecular weight is 368 g/mol. The maximum Gasteiger partial charge on any atom is 0.257 e. The largest absolute Gasteiger partial charge is 0.385 e. The lowest BCUT2D eigenvalue weighted by molar-refractivity contribution is 0.102. The molecule has 0 unspecified atom stereocenters. The zero-order valence-corrected chi connectivity index (χ0v) is 14.2. The van der Waals surface area contributed by atoms with Crippen molar-refractivity contribution in [3.8, 4) is 0 Å². The van der Waals surface area contributed by atoms with Crippen LogP contribution in [0.15, 0.2) is 40.9 Å². The van der Waals surface area contributed by atoms with Gasteiger partial charge in [0, 0.05) is 22.4 Å². The molecule has 0 aliphatic rings. The lowest BCUT2D eigenvalue weighted by Gasteiger charge is -2.12. The highest BCUT2D eigenvalue weighted by Crippen LogP contribution is 2.26. The molecule has 0 aliphatic heterocycles. The van der Waals surface area contributed by atoms with Gasteiger partial charge in [0.1, 0.15) is 0 Å². The second kappa shape index (κ2) is 6.96. The Bertz CT molecular complexity index is 673. The zero-order chi connectivity index (χ0) is 15.4. The molecular formula is C16H16BrClN2O. The van der Waals surface area contributed by atoms with Gasteiger partial charge < -0.3 is 10.6 Å². The number of aryl methyl sites for hydroxylation is 1. The Labute approximate surface area is 137 Å². The van der Waals surface area contributed by atoms with Crippen LogP contribution in [0, 0.1) is 6.92 Å². The Kier molecular flexibility index (Phi) is 5.26. The molecule has 2 aromatic rings. The van der Waals surface area contributed by atoms with Crippen molar-refractivity contribution in [1.29, 1.82) is 0 Å². The molecule has 0 heterocycles. The summed E-state index contributed by atoms with van der Waals surface area (Å²) in [6.45, 7) is 4.71. The summed E-state index contributed by atoms with van der Waals surface area (Å²) in [7, 11) is 0. The van der Waals surface area contributed by atoms with Crippen molar-refractivity contribution in [1.82, 2.24) is 0 Å². The maximum absolute atomic E-state index is 12.5. The van der Waals surface area contributed by atoms with Gasteiger partial charge in [-0.25, -0.2) is 0 Å². The van der Waals surface area contributed by atoms with Crippen LogP contribution in [0.25, 0.3) is 0 Å². The third-order valence-electron chi connectivity index (χ3n) is 2.96. The SMILES string of the molecule is CCNc1ccc(C)cc1C(=O)Nc1ccc(Br)c(Cl)c1. The van der Waals surface area contributed by atoms with Gasteiger partial charge in [0.05, 0.1) is 10.6 Å². The Morgan fingerprint density at radius 1 is 1.24 bits per heavy atom. The fourth-order valence-corrected chi connectivity index (χ4v) is 2.39. The van der Waals surface area contributed by atoms with E-state index in [4.69, 9.17) is 11.6 Å². The van der Waals surface area contributed by atoms with Gasteiger partial charge in [-0.3, -0.25) is 4.79 Å². The maximum atomic E-state index is 12.5. The van der Waals surface area contributed by atoms with Gasteiger partial charge in [-0.2, -0.15) is 0 Å². The van der Waals surface area contributed by atoms with Crippen LogP contribution in [0.4, 0.5) is 11.4 Å². The summed E-state index contributed by atoms with van der Waals surface area (Å²) in [5.74, 6) is -0.159. The molecule has 5 heteroatoms.